The molecule has 0 bridgehead atoms. The van der Waals surface area contributed by atoms with Crippen LogP contribution in [0.3, 0.4) is 0 Å². The molecule has 0 aliphatic heterocycles. The smallest absolute Gasteiger partial charge is 0.286 e. The first-order valence-electron chi connectivity index (χ1n) is 6.60. The molecule has 8 heteroatoms. The largest absolute Gasteiger partial charge is 0.289 e. The van der Waals surface area contributed by atoms with Gasteiger partial charge in [-0.15, -0.1) is 0 Å². The van der Waals surface area contributed by atoms with Crippen molar-refractivity contribution in [2.75, 3.05) is 0 Å². The van der Waals surface area contributed by atoms with E-state index in [1.54, 1.807) is 30.3 Å². The van der Waals surface area contributed by atoms with Crippen LogP contribution >= 0.6 is 23.2 Å². The second-order valence-electron chi connectivity index (χ2n) is 4.88. The number of carbonyl (C=O) groups excluding carboxylic acids is 1. The molecule has 1 heterocycles. The van der Waals surface area contributed by atoms with Gasteiger partial charge in [-0.2, -0.15) is 5.10 Å². The van der Waals surface area contributed by atoms with E-state index in [1.165, 1.54) is 10.7 Å². The molecule has 0 unspecified atom stereocenters. The third-order valence-corrected chi connectivity index (χ3v) is 3.86. The van der Waals surface area contributed by atoms with Crippen LogP contribution in [0.15, 0.2) is 36.4 Å². The van der Waals surface area contributed by atoms with Gasteiger partial charge in [-0.3, -0.25) is 14.9 Å². The summed E-state index contributed by atoms with van der Waals surface area (Å²) in [6, 6.07) is 9.39. The van der Waals surface area contributed by atoms with Gasteiger partial charge < -0.3 is 0 Å². The van der Waals surface area contributed by atoms with Gasteiger partial charge in [0.05, 0.1) is 12.1 Å². The van der Waals surface area contributed by atoms with Crippen molar-refractivity contribution in [1.82, 2.24) is 15.2 Å². The highest BCUT2D eigenvalue weighted by Gasteiger charge is 2.17. The average Bonchev–Trinajstić information content (AvgIpc) is 2.87. The van der Waals surface area contributed by atoms with Crippen molar-refractivity contribution in [3.8, 4) is 0 Å². The van der Waals surface area contributed by atoms with E-state index in [9.17, 15) is 9.18 Å². The Morgan fingerprint density at radius 3 is 2.61 bits per heavy atom. The molecule has 0 fully saturated rings. The predicted octanol–water partition coefficient (Wildman–Crippen LogP) is 3.13. The quantitative estimate of drug-likeness (QED) is 0.432. The Labute approximate surface area is 140 Å². The summed E-state index contributed by atoms with van der Waals surface area (Å²) in [7, 11) is 0. The van der Waals surface area contributed by atoms with E-state index in [4.69, 9.17) is 29.0 Å². The third kappa shape index (κ3) is 3.01. The summed E-state index contributed by atoms with van der Waals surface area (Å²) in [5.41, 5.74) is 3.20. The number of amides is 1. The monoisotopic (exact) mass is 352 g/mol. The van der Waals surface area contributed by atoms with Crippen molar-refractivity contribution in [1.29, 1.82) is 0 Å². The van der Waals surface area contributed by atoms with E-state index in [0.29, 0.717) is 26.5 Å². The van der Waals surface area contributed by atoms with Gasteiger partial charge in [-0.05, 0) is 30.3 Å². The number of fused-ring (bicyclic) bond motifs is 1. The summed E-state index contributed by atoms with van der Waals surface area (Å²) in [4.78, 5) is 11.9. The minimum absolute atomic E-state index is 0.124. The maximum absolute atomic E-state index is 14.0. The Hall–Kier alpha value is -2.15. The number of nitrogens with zero attached hydrogens (tertiary/aromatic N) is 2. The van der Waals surface area contributed by atoms with Crippen molar-refractivity contribution in [3.63, 3.8) is 0 Å². The summed E-state index contributed by atoms with van der Waals surface area (Å²) in [5, 5.41) is 5.53. The second kappa shape index (κ2) is 6.16. The van der Waals surface area contributed by atoms with E-state index in [1.807, 2.05) is 5.43 Å². The Morgan fingerprint density at radius 1 is 1.22 bits per heavy atom. The number of aromatic nitrogens is 2. The predicted molar refractivity (Wildman–Crippen MR) is 86.9 cm³/mol. The molecule has 0 saturated carbocycles. The molecule has 23 heavy (non-hydrogen) atoms. The number of nitrogens with one attached hydrogen (secondary N) is 1. The molecule has 1 aromatic heterocycles. The lowest BCUT2D eigenvalue weighted by atomic mass is 10.2. The van der Waals surface area contributed by atoms with Crippen molar-refractivity contribution < 1.29 is 9.18 Å². The maximum atomic E-state index is 14.0. The molecule has 5 nitrogen and oxygen atoms in total. The molecule has 3 aromatic rings. The topological polar surface area (TPSA) is 72.9 Å². The average molecular weight is 353 g/mol. The molecule has 0 radical (unpaired) electrons. The number of benzene rings is 2. The van der Waals surface area contributed by atoms with Gasteiger partial charge in [0.1, 0.15) is 5.82 Å². The summed E-state index contributed by atoms with van der Waals surface area (Å²) in [6.07, 6.45) is 0. The minimum atomic E-state index is -0.549. The highest BCUT2D eigenvalue weighted by molar-refractivity contribution is 6.31. The van der Waals surface area contributed by atoms with Gasteiger partial charge in [-0.1, -0.05) is 29.3 Å². The minimum Gasteiger partial charge on any atom is -0.289 e. The molecule has 0 aliphatic carbocycles. The third-order valence-electron chi connectivity index (χ3n) is 3.39. The van der Waals surface area contributed by atoms with Gasteiger partial charge in [-0.25, -0.2) is 10.2 Å². The van der Waals surface area contributed by atoms with Crippen LogP contribution in [0.5, 0.6) is 0 Å². The Bertz CT molecular complexity index is 910. The fraction of sp³-hybridized carbons (Fsp3) is 0.0667. The van der Waals surface area contributed by atoms with Crippen molar-refractivity contribution in [2.45, 2.75) is 6.54 Å². The van der Waals surface area contributed by atoms with Crippen LogP contribution in [0.1, 0.15) is 16.1 Å². The van der Waals surface area contributed by atoms with Crippen LogP contribution in [-0.2, 0) is 6.54 Å². The van der Waals surface area contributed by atoms with Crippen LogP contribution in [0.25, 0.3) is 10.9 Å². The standard InChI is InChI=1S/C15H11Cl2FN4O/c16-9-3-4-13-11(5-9)14(15(23)20-19)21-22(13)7-8-1-2-10(17)6-12(8)18/h1-6H,7,19H2,(H,20,23). The molecule has 3 rings (SSSR count). The lowest BCUT2D eigenvalue weighted by Crippen LogP contribution is -2.30. The summed E-state index contributed by atoms with van der Waals surface area (Å²) in [5.74, 6) is 4.19. The van der Waals surface area contributed by atoms with E-state index in [-0.39, 0.29) is 12.2 Å². The van der Waals surface area contributed by atoms with Crippen LogP contribution in [0.2, 0.25) is 10.0 Å². The molecule has 3 N–H and O–H groups in total. The molecule has 0 atom stereocenters. The number of hydrogen-bond acceptors (Lipinski definition) is 3. The first kappa shape index (κ1) is 15.7. The fourth-order valence-corrected chi connectivity index (χ4v) is 2.65. The van der Waals surface area contributed by atoms with Gasteiger partial charge in [0.25, 0.3) is 5.91 Å². The van der Waals surface area contributed by atoms with Gasteiger partial charge >= 0.3 is 0 Å². The summed E-state index contributed by atoms with van der Waals surface area (Å²) < 4.78 is 15.5. The normalized spacial score (nSPS) is 11.0. The maximum Gasteiger partial charge on any atom is 0.286 e. The molecule has 0 aliphatic rings. The lowest BCUT2D eigenvalue weighted by Gasteiger charge is -2.05. The number of nitrogen functional groups attached to an aromatic ring is 1. The number of rotatable bonds is 3. The Morgan fingerprint density at radius 2 is 1.91 bits per heavy atom. The number of carbonyl (C=O) groups is 1. The molecular weight excluding hydrogens is 342 g/mol. The van der Waals surface area contributed by atoms with Crippen LogP contribution < -0.4 is 11.3 Å². The molecular formula is C15H11Cl2FN4O. The van der Waals surface area contributed by atoms with Crippen LogP contribution in [0, 0.1) is 5.82 Å². The molecule has 0 spiro atoms. The number of nitrogens with two attached hydrogens (primary N) is 1. The number of hydrogen-bond donors (Lipinski definition) is 2. The van der Waals surface area contributed by atoms with E-state index >= 15 is 0 Å². The lowest BCUT2D eigenvalue weighted by molar-refractivity contribution is 0.0949. The first-order valence-corrected chi connectivity index (χ1v) is 7.36. The van der Waals surface area contributed by atoms with E-state index in [0.717, 1.165) is 0 Å². The molecule has 0 saturated heterocycles. The summed E-state index contributed by atoms with van der Waals surface area (Å²) in [6.45, 7) is 0.138. The highest BCUT2D eigenvalue weighted by Crippen LogP contribution is 2.24. The summed E-state index contributed by atoms with van der Waals surface area (Å²) >= 11 is 11.7. The van der Waals surface area contributed by atoms with Crippen LogP contribution in [-0.4, -0.2) is 15.7 Å². The Kier molecular flexibility index (Phi) is 4.21. The van der Waals surface area contributed by atoms with Gasteiger partial charge in [0.15, 0.2) is 5.69 Å². The van der Waals surface area contributed by atoms with Gasteiger partial charge in [0.2, 0.25) is 0 Å². The molecule has 118 valence electrons. The number of hydrazine groups is 1. The second-order valence-corrected chi connectivity index (χ2v) is 5.75. The zero-order valence-electron chi connectivity index (χ0n) is 11.7. The van der Waals surface area contributed by atoms with Gasteiger partial charge in [0, 0.05) is 21.0 Å². The molecule has 1 amide bonds. The van der Waals surface area contributed by atoms with E-state index < -0.39 is 11.7 Å². The fourth-order valence-electron chi connectivity index (χ4n) is 2.32. The first-order chi connectivity index (χ1) is 11.0. The van der Waals surface area contributed by atoms with Crippen molar-refractivity contribution >= 4 is 40.0 Å². The zero-order valence-corrected chi connectivity index (χ0v) is 13.2. The Balaban J connectivity index is 2.12. The van der Waals surface area contributed by atoms with Crippen LogP contribution in [0.4, 0.5) is 4.39 Å². The highest BCUT2D eigenvalue weighted by atomic mass is 35.5. The zero-order chi connectivity index (χ0) is 16.6. The number of halogens is 3. The van der Waals surface area contributed by atoms with Crippen molar-refractivity contribution in [2.24, 2.45) is 5.84 Å². The van der Waals surface area contributed by atoms with E-state index in [2.05, 4.69) is 5.10 Å². The SMILES string of the molecule is NNC(=O)c1nn(Cc2ccc(Cl)cc2F)c2ccc(Cl)cc12. The van der Waals surface area contributed by atoms with Crippen molar-refractivity contribution in [3.05, 3.63) is 63.5 Å². The molecule has 2 aromatic carbocycles.